The van der Waals surface area contributed by atoms with Gasteiger partial charge in [0.05, 0.1) is 6.33 Å². The molecule has 5 heteroatoms. The van der Waals surface area contributed by atoms with Crippen LogP contribution in [0.2, 0.25) is 0 Å². The van der Waals surface area contributed by atoms with Gasteiger partial charge >= 0.3 is 0 Å². The van der Waals surface area contributed by atoms with Gasteiger partial charge in [0.25, 0.3) is 5.56 Å². The zero-order valence-electron chi connectivity index (χ0n) is 9.46. The third-order valence-corrected chi connectivity index (χ3v) is 4.32. The monoisotopic (exact) mass is 285 g/mol. The maximum atomic E-state index is 11.4. The minimum Gasteiger partial charge on any atom is -0.366 e. The van der Waals surface area contributed by atoms with Crippen LogP contribution in [0.3, 0.4) is 0 Å². The van der Waals surface area contributed by atoms with E-state index >= 15 is 0 Å². The molecule has 3 atom stereocenters. The van der Waals surface area contributed by atoms with Gasteiger partial charge < -0.3 is 10.3 Å². The van der Waals surface area contributed by atoms with Gasteiger partial charge in [0.2, 0.25) is 0 Å². The normalized spacial score (nSPS) is 29.3. The van der Waals surface area contributed by atoms with Crippen molar-refractivity contribution < 1.29 is 0 Å². The van der Waals surface area contributed by atoms with Crippen molar-refractivity contribution in [2.45, 2.75) is 32.7 Å². The van der Waals surface area contributed by atoms with Crippen molar-refractivity contribution in [2.75, 3.05) is 5.32 Å². The Bertz CT molecular complexity index is 431. The first-order valence-electron chi connectivity index (χ1n) is 5.59. The molecule has 0 spiro atoms. The van der Waals surface area contributed by atoms with Gasteiger partial charge in [-0.05, 0) is 40.6 Å². The maximum absolute atomic E-state index is 11.4. The van der Waals surface area contributed by atoms with Crippen molar-refractivity contribution in [1.29, 1.82) is 0 Å². The van der Waals surface area contributed by atoms with Gasteiger partial charge in [-0.3, -0.25) is 4.79 Å². The van der Waals surface area contributed by atoms with Crippen LogP contribution in [0.5, 0.6) is 0 Å². The van der Waals surface area contributed by atoms with Crippen molar-refractivity contribution in [1.82, 2.24) is 9.97 Å². The van der Waals surface area contributed by atoms with Crippen LogP contribution in [0.4, 0.5) is 5.82 Å². The largest absolute Gasteiger partial charge is 0.366 e. The Morgan fingerprint density at radius 1 is 1.50 bits per heavy atom. The second-order valence-electron chi connectivity index (χ2n) is 4.56. The van der Waals surface area contributed by atoms with E-state index in [-0.39, 0.29) is 5.56 Å². The first-order chi connectivity index (χ1) is 7.59. The minimum absolute atomic E-state index is 0.142. The molecule has 88 valence electrons. The maximum Gasteiger partial charge on any atom is 0.267 e. The smallest absolute Gasteiger partial charge is 0.267 e. The summed E-state index contributed by atoms with van der Waals surface area (Å²) in [7, 11) is 0. The molecule has 0 bridgehead atoms. The van der Waals surface area contributed by atoms with E-state index in [1.54, 1.807) is 0 Å². The van der Waals surface area contributed by atoms with Gasteiger partial charge in [-0.1, -0.05) is 13.8 Å². The van der Waals surface area contributed by atoms with Crippen LogP contribution in [0, 0.1) is 11.8 Å². The van der Waals surface area contributed by atoms with E-state index in [0.29, 0.717) is 22.3 Å². The number of aromatic nitrogens is 2. The molecule has 16 heavy (non-hydrogen) atoms. The van der Waals surface area contributed by atoms with E-state index in [1.807, 2.05) is 0 Å². The van der Waals surface area contributed by atoms with Crippen molar-refractivity contribution in [3.8, 4) is 0 Å². The first-order valence-corrected chi connectivity index (χ1v) is 6.38. The predicted octanol–water partition coefficient (Wildman–Crippen LogP) is 2.38. The second-order valence-corrected chi connectivity index (χ2v) is 5.35. The van der Waals surface area contributed by atoms with Gasteiger partial charge in [0.1, 0.15) is 10.3 Å². The van der Waals surface area contributed by atoms with Crippen LogP contribution >= 0.6 is 15.9 Å². The highest BCUT2D eigenvalue weighted by Gasteiger charge is 2.30. The van der Waals surface area contributed by atoms with Gasteiger partial charge in [-0.15, -0.1) is 0 Å². The minimum atomic E-state index is -0.142. The summed E-state index contributed by atoms with van der Waals surface area (Å²) in [6.07, 6.45) is 3.81. The van der Waals surface area contributed by atoms with E-state index in [1.165, 1.54) is 12.7 Å². The summed E-state index contributed by atoms with van der Waals surface area (Å²) in [5.41, 5.74) is -0.142. The summed E-state index contributed by atoms with van der Waals surface area (Å²) in [6, 6.07) is 0.417. The van der Waals surface area contributed by atoms with Crippen LogP contribution in [0.25, 0.3) is 0 Å². The zero-order chi connectivity index (χ0) is 11.7. The number of nitrogens with one attached hydrogen (secondary N) is 2. The molecule has 0 amide bonds. The summed E-state index contributed by atoms with van der Waals surface area (Å²) < 4.78 is 0.488. The topological polar surface area (TPSA) is 57.8 Å². The molecule has 0 aromatic carbocycles. The molecule has 2 N–H and O–H groups in total. The highest BCUT2D eigenvalue weighted by atomic mass is 79.9. The standard InChI is InChI=1S/C11H16BrN3O/c1-6-3-4-8(7(6)2)15-10-9(12)11(16)14-5-13-10/h5-8H,3-4H2,1-2H3,(H2,13,14,15,16). The number of halogens is 1. The summed E-state index contributed by atoms with van der Waals surface area (Å²) in [6.45, 7) is 4.52. The quantitative estimate of drug-likeness (QED) is 0.877. The summed E-state index contributed by atoms with van der Waals surface area (Å²) in [5.74, 6) is 2.00. The number of nitrogens with zero attached hydrogens (tertiary/aromatic N) is 1. The molecule has 4 nitrogen and oxygen atoms in total. The molecule has 1 aliphatic carbocycles. The Morgan fingerprint density at radius 3 is 2.88 bits per heavy atom. The van der Waals surface area contributed by atoms with Crippen LogP contribution in [-0.2, 0) is 0 Å². The third kappa shape index (κ3) is 2.14. The van der Waals surface area contributed by atoms with E-state index in [2.05, 4.69) is 45.1 Å². The molecule has 0 radical (unpaired) electrons. The van der Waals surface area contributed by atoms with Crippen LogP contribution in [-0.4, -0.2) is 16.0 Å². The number of aromatic amines is 1. The third-order valence-electron chi connectivity index (χ3n) is 3.58. The summed E-state index contributed by atoms with van der Waals surface area (Å²) in [5, 5.41) is 3.35. The molecule has 0 aliphatic heterocycles. The van der Waals surface area contributed by atoms with Gasteiger partial charge in [-0.2, -0.15) is 0 Å². The van der Waals surface area contributed by atoms with Crippen molar-refractivity contribution in [2.24, 2.45) is 11.8 Å². The van der Waals surface area contributed by atoms with E-state index in [9.17, 15) is 4.79 Å². The Morgan fingerprint density at radius 2 is 2.25 bits per heavy atom. The Kier molecular flexibility index (Phi) is 3.33. The fourth-order valence-corrected chi connectivity index (χ4v) is 2.56. The lowest BCUT2D eigenvalue weighted by Gasteiger charge is -2.20. The number of rotatable bonds is 2. The Labute approximate surface area is 103 Å². The molecule has 3 unspecified atom stereocenters. The van der Waals surface area contributed by atoms with Crippen LogP contribution in [0.1, 0.15) is 26.7 Å². The van der Waals surface area contributed by atoms with Crippen molar-refractivity contribution in [3.63, 3.8) is 0 Å². The molecule has 1 aromatic heterocycles. The van der Waals surface area contributed by atoms with Gasteiger partial charge in [-0.25, -0.2) is 4.98 Å². The zero-order valence-corrected chi connectivity index (χ0v) is 11.0. The molecular formula is C11H16BrN3O. The summed E-state index contributed by atoms with van der Waals surface area (Å²) >= 11 is 3.25. The number of hydrogen-bond donors (Lipinski definition) is 2. The lowest BCUT2D eigenvalue weighted by molar-refractivity contribution is 0.435. The van der Waals surface area contributed by atoms with E-state index in [0.717, 1.165) is 12.3 Å². The average molecular weight is 286 g/mol. The number of hydrogen-bond acceptors (Lipinski definition) is 3. The van der Waals surface area contributed by atoms with Gasteiger partial charge in [0.15, 0.2) is 0 Å². The molecule has 1 heterocycles. The van der Waals surface area contributed by atoms with E-state index < -0.39 is 0 Å². The molecular weight excluding hydrogens is 270 g/mol. The molecule has 1 saturated carbocycles. The SMILES string of the molecule is CC1CCC(Nc2nc[nH]c(=O)c2Br)C1C. The highest BCUT2D eigenvalue weighted by molar-refractivity contribution is 9.10. The highest BCUT2D eigenvalue weighted by Crippen LogP contribution is 2.33. The van der Waals surface area contributed by atoms with Gasteiger partial charge in [0, 0.05) is 6.04 Å². The lowest BCUT2D eigenvalue weighted by atomic mass is 9.98. The van der Waals surface area contributed by atoms with Crippen LogP contribution < -0.4 is 10.9 Å². The average Bonchev–Trinajstić information content (AvgIpc) is 2.57. The molecule has 2 rings (SSSR count). The predicted molar refractivity (Wildman–Crippen MR) is 67.5 cm³/mol. The molecule has 0 saturated heterocycles. The summed E-state index contributed by atoms with van der Waals surface area (Å²) in [4.78, 5) is 18.1. The fraction of sp³-hybridized carbons (Fsp3) is 0.636. The van der Waals surface area contributed by atoms with E-state index in [4.69, 9.17) is 0 Å². The molecule has 1 aromatic rings. The number of H-pyrrole nitrogens is 1. The first kappa shape index (κ1) is 11.6. The Hall–Kier alpha value is -0.840. The number of anilines is 1. The van der Waals surface area contributed by atoms with Crippen LogP contribution in [0.15, 0.2) is 15.6 Å². The van der Waals surface area contributed by atoms with Crippen molar-refractivity contribution in [3.05, 3.63) is 21.2 Å². The molecule has 1 aliphatic rings. The Balaban J connectivity index is 2.16. The van der Waals surface area contributed by atoms with Crippen molar-refractivity contribution >= 4 is 21.7 Å². The molecule has 1 fully saturated rings. The lowest BCUT2D eigenvalue weighted by Crippen LogP contribution is -2.26. The fourth-order valence-electron chi connectivity index (χ4n) is 2.23. The second kappa shape index (κ2) is 4.57.